The molecule has 3 rings (SSSR count). The van der Waals surface area contributed by atoms with Crippen molar-refractivity contribution in [2.45, 2.75) is 63.3 Å². The molecule has 1 aromatic rings. The Bertz CT molecular complexity index is 859. The Kier molecular flexibility index (Phi) is 9.48. The first-order valence-corrected chi connectivity index (χ1v) is 12.3. The first kappa shape index (κ1) is 28.1. The van der Waals surface area contributed by atoms with E-state index in [9.17, 15) is 35.9 Å². The van der Waals surface area contributed by atoms with Gasteiger partial charge in [0.15, 0.2) is 0 Å². The molecule has 1 heterocycles. The summed E-state index contributed by atoms with van der Waals surface area (Å²) in [5.41, 5.74) is -3.71. The van der Waals surface area contributed by atoms with E-state index in [1.807, 2.05) is 0 Å². The number of urea groups is 1. The van der Waals surface area contributed by atoms with Gasteiger partial charge in [-0.1, -0.05) is 19.3 Å². The summed E-state index contributed by atoms with van der Waals surface area (Å²) in [4.78, 5) is 26.5. The number of carbonyl (C=O) groups excluding carboxylic acids is 2. The zero-order valence-electron chi connectivity index (χ0n) is 19.9. The van der Waals surface area contributed by atoms with Crippen LogP contribution in [0, 0.1) is 5.92 Å². The third-order valence-electron chi connectivity index (χ3n) is 6.76. The van der Waals surface area contributed by atoms with E-state index in [1.54, 1.807) is 0 Å². The summed E-state index contributed by atoms with van der Waals surface area (Å²) >= 11 is 0. The summed E-state index contributed by atoms with van der Waals surface area (Å²) in [6.07, 6.45) is -3.09. The number of benzene rings is 1. The third-order valence-corrected chi connectivity index (χ3v) is 6.76. The van der Waals surface area contributed by atoms with Gasteiger partial charge in [-0.3, -0.25) is 4.79 Å². The fourth-order valence-electron chi connectivity index (χ4n) is 4.65. The van der Waals surface area contributed by atoms with Crippen molar-refractivity contribution < 1.29 is 35.9 Å². The van der Waals surface area contributed by atoms with E-state index in [0.717, 1.165) is 25.7 Å². The molecule has 6 nitrogen and oxygen atoms in total. The van der Waals surface area contributed by atoms with E-state index < -0.39 is 35.0 Å². The zero-order chi connectivity index (χ0) is 26.3. The van der Waals surface area contributed by atoms with Crippen LogP contribution in [0.4, 0.5) is 31.1 Å². The lowest BCUT2D eigenvalue weighted by Gasteiger charge is -2.32. The molecule has 36 heavy (non-hydrogen) atoms. The maximum absolute atomic E-state index is 13.0. The van der Waals surface area contributed by atoms with Crippen molar-refractivity contribution in [1.82, 2.24) is 20.9 Å². The van der Waals surface area contributed by atoms with Gasteiger partial charge in [0.05, 0.1) is 11.1 Å². The van der Waals surface area contributed by atoms with Gasteiger partial charge in [-0.15, -0.1) is 0 Å². The molecule has 2 fully saturated rings. The molecule has 2 aliphatic rings. The second kappa shape index (κ2) is 12.2. The van der Waals surface area contributed by atoms with Gasteiger partial charge in [-0.05, 0) is 62.9 Å². The number of nitrogens with one attached hydrogen (secondary N) is 3. The highest BCUT2D eigenvalue weighted by molar-refractivity contribution is 5.94. The van der Waals surface area contributed by atoms with Crippen molar-refractivity contribution >= 4 is 11.9 Å². The van der Waals surface area contributed by atoms with Crippen molar-refractivity contribution in [1.29, 1.82) is 0 Å². The van der Waals surface area contributed by atoms with Gasteiger partial charge >= 0.3 is 18.4 Å². The van der Waals surface area contributed by atoms with Crippen molar-refractivity contribution in [2.24, 2.45) is 5.92 Å². The van der Waals surface area contributed by atoms with Crippen LogP contribution in [0.1, 0.15) is 66.4 Å². The number of hydrogen-bond donors (Lipinski definition) is 3. The lowest BCUT2D eigenvalue weighted by molar-refractivity contribution is -0.143. The predicted molar refractivity (Wildman–Crippen MR) is 121 cm³/mol. The number of nitrogens with zero attached hydrogens (tertiary/aromatic N) is 1. The third kappa shape index (κ3) is 8.56. The SMILES string of the molecule is O=C(NCCN1CCC(CNC(=O)c2cc(C(F)(F)F)cc(C(F)(F)F)c2)CC1)NC1CCCCC1. The topological polar surface area (TPSA) is 73.5 Å². The largest absolute Gasteiger partial charge is 0.416 e. The van der Waals surface area contributed by atoms with E-state index in [0.29, 0.717) is 51.2 Å². The van der Waals surface area contributed by atoms with Gasteiger partial charge in [-0.25, -0.2) is 4.79 Å². The standard InChI is InChI=1S/C24H32F6N4O2/c25-23(26,27)18-12-17(13-19(14-18)24(28,29)30)21(35)32-15-16-6-9-34(10-7-16)11-8-31-22(36)33-20-4-2-1-3-5-20/h12-14,16,20H,1-11,15H2,(H,32,35)(H2,31,33,36). The summed E-state index contributed by atoms with van der Waals surface area (Å²) in [5.74, 6) is -0.914. The number of amides is 3. The Morgan fingerprint density at radius 1 is 0.833 bits per heavy atom. The van der Waals surface area contributed by atoms with Gasteiger partial charge in [0.2, 0.25) is 0 Å². The molecule has 1 aromatic carbocycles. The molecule has 3 N–H and O–H groups in total. The quantitative estimate of drug-likeness (QED) is 0.451. The number of hydrogen-bond acceptors (Lipinski definition) is 3. The second-order valence-corrected chi connectivity index (χ2v) is 9.52. The maximum Gasteiger partial charge on any atom is 0.416 e. The highest BCUT2D eigenvalue weighted by Crippen LogP contribution is 2.36. The molecule has 12 heteroatoms. The lowest BCUT2D eigenvalue weighted by Crippen LogP contribution is -2.46. The molecular weight excluding hydrogens is 490 g/mol. The Hall–Kier alpha value is -2.50. The van der Waals surface area contributed by atoms with Crippen LogP contribution < -0.4 is 16.0 Å². The van der Waals surface area contributed by atoms with Crippen molar-refractivity contribution in [3.8, 4) is 0 Å². The van der Waals surface area contributed by atoms with Gasteiger partial charge in [-0.2, -0.15) is 26.3 Å². The highest BCUT2D eigenvalue weighted by atomic mass is 19.4. The van der Waals surface area contributed by atoms with Crippen LogP contribution in [0.25, 0.3) is 0 Å². The van der Waals surface area contributed by atoms with Crippen LogP contribution in [-0.2, 0) is 12.4 Å². The number of carbonyl (C=O) groups is 2. The number of likely N-dealkylation sites (tertiary alicyclic amines) is 1. The number of halogens is 6. The van der Waals surface area contributed by atoms with Gasteiger partial charge in [0.1, 0.15) is 0 Å². The maximum atomic E-state index is 13.0. The molecule has 0 unspecified atom stereocenters. The normalized spacial score (nSPS) is 18.6. The molecule has 0 spiro atoms. The van der Waals surface area contributed by atoms with Crippen LogP contribution in [0.2, 0.25) is 0 Å². The average Bonchev–Trinajstić information content (AvgIpc) is 2.82. The average molecular weight is 523 g/mol. The fraction of sp³-hybridized carbons (Fsp3) is 0.667. The van der Waals surface area contributed by atoms with E-state index in [4.69, 9.17) is 0 Å². The zero-order valence-corrected chi connectivity index (χ0v) is 19.9. The molecule has 0 atom stereocenters. The molecule has 202 valence electrons. The van der Waals surface area contributed by atoms with Crippen molar-refractivity contribution in [2.75, 3.05) is 32.7 Å². The fourth-order valence-corrected chi connectivity index (χ4v) is 4.65. The molecule has 0 radical (unpaired) electrons. The summed E-state index contributed by atoms with van der Waals surface area (Å²) in [6.45, 7) is 2.76. The lowest BCUT2D eigenvalue weighted by atomic mass is 9.96. The second-order valence-electron chi connectivity index (χ2n) is 9.52. The molecule has 0 bridgehead atoms. The summed E-state index contributed by atoms with van der Waals surface area (Å²) in [5, 5.41) is 8.34. The van der Waals surface area contributed by atoms with Gasteiger partial charge < -0.3 is 20.9 Å². The van der Waals surface area contributed by atoms with Gasteiger partial charge in [0, 0.05) is 31.2 Å². The first-order chi connectivity index (χ1) is 16.9. The molecule has 1 saturated heterocycles. The number of piperidine rings is 1. The smallest absolute Gasteiger partial charge is 0.352 e. The summed E-state index contributed by atoms with van der Waals surface area (Å²) in [6, 6.07) is 0.944. The minimum atomic E-state index is -5.01. The Morgan fingerprint density at radius 2 is 1.42 bits per heavy atom. The first-order valence-electron chi connectivity index (χ1n) is 12.3. The monoisotopic (exact) mass is 522 g/mol. The van der Waals surface area contributed by atoms with Crippen LogP contribution in [0.3, 0.4) is 0 Å². The number of rotatable bonds is 7. The number of alkyl halides is 6. The molecule has 3 amide bonds. The molecule has 0 aromatic heterocycles. The van der Waals surface area contributed by atoms with Crippen LogP contribution in [0.15, 0.2) is 18.2 Å². The van der Waals surface area contributed by atoms with Crippen molar-refractivity contribution in [3.63, 3.8) is 0 Å². The molecule has 1 saturated carbocycles. The summed E-state index contributed by atoms with van der Waals surface area (Å²) in [7, 11) is 0. The van der Waals surface area contributed by atoms with Gasteiger partial charge in [0.25, 0.3) is 5.91 Å². The molecular formula is C24H32F6N4O2. The Balaban J connectivity index is 1.40. The van der Waals surface area contributed by atoms with Crippen LogP contribution >= 0.6 is 0 Å². The predicted octanol–water partition coefficient (Wildman–Crippen LogP) is 4.80. The van der Waals surface area contributed by atoms with E-state index in [-0.39, 0.29) is 30.6 Å². The Labute approximate surface area is 206 Å². The van der Waals surface area contributed by atoms with Crippen LogP contribution in [-0.4, -0.2) is 55.6 Å². The Morgan fingerprint density at radius 3 is 1.97 bits per heavy atom. The molecule has 1 aliphatic carbocycles. The minimum absolute atomic E-state index is 0.000979. The van der Waals surface area contributed by atoms with E-state index >= 15 is 0 Å². The van der Waals surface area contributed by atoms with E-state index in [2.05, 4.69) is 20.9 Å². The van der Waals surface area contributed by atoms with Crippen molar-refractivity contribution in [3.05, 3.63) is 34.9 Å². The minimum Gasteiger partial charge on any atom is -0.352 e. The van der Waals surface area contributed by atoms with Crippen LogP contribution in [0.5, 0.6) is 0 Å². The van der Waals surface area contributed by atoms with E-state index in [1.165, 1.54) is 6.42 Å². The highest BCUT2D eigenvalue weighted by Gasteiger charge is 2.37. The molecule has 1 aliphatic heterocycles. The summed E-state index contributed by atoms with van der Waals surface area (Å²) < 4.78 is 78.1.